The smallest absolute Gasteiger partial charge is 0.265 e. The van der Waals surface area contributed by atoms with E-state index >= 15 is 0 Å². The Labute approximate surface area is 172 Å². The fraction of sp³-hybridized carbons (Fsp3) is 0.333. The van der Waals surface area contributed by atoms with Crippen molar-refractivity contribution < 1.29 is 17.9 Å². The Morgan fingerprint density at radius 2 is 1.79 bits per heavy atom. The van der Waals surface area contributed by atoms with Gasteiger partial charge in [-0.3, -0.25) is 4.79 Å². The number of nitriles is 1. The van der Waals surface area contributed by atoms with Crippen LogP contribution in [0.25, 0.3) is 0 Å². The van der Waals surface area contributed by atoms with E-state index in [1.165, 1.54) is 16.4 Å². The molecule has 0 saturated heterocycles. The summed E-state index contributed by atoms with van der Waals surface area (Å²) in [6.45, 7) is 7.67. The molecular formula is C21H25N3O4S. The van der Waals surface area contributed by atoms with Crippen LogP contribution in [-0.4, -0.2) is 37.8 Å². The molecule has 154 valence electrons. The van der Waals surface area contributed by atoms with Gasteiger partial charge in [0, 0.05) is 18.8 Å². The lowest BCUT2D eigenvalue weighted by atomic mass is 10.2. The van der Waals surface area contributed by atoms with E-state index in [4.69, 9.17) is 10.00 Å². The van der Waals surface area contributed by atoms with Gasteiger partial charge < -0.3 is 10.1 Å². The number of aryl methyl sites for hydroxylation is 1. The number of amides is 1. The van der Waals surface area contributed by atoms with E-state index in [1.807, 2.05) is 6.07 Å². The Morgan fingerprint density at radius 1 is 1.17 bits per heavy atom. The maximum absolute atomic E-state index is 12.7. The number of ether oxygens (including phenoxy) is 1. The molecule has 1 N–H and O–H groups in total. The first-order chi connectivity index (χ1) is 13.7. The molecule has 0 aliphatic heterocycles. The number of hydrogen-bond donors (Lipinski definition) is 1. The first-order valence-corrected chi connectivity index (χ1v) is 10.7. The monoisotopic (exact) mass is 415 g/mol. The van der Waals surface area contributed by atoms with E-state index in [0.29, 0.717) is 30.1 Å². The highest BCUT2D eigenvalue weighted by Gasteiger charge is 2.23. The van der Waals surface area contributed by atoms with Crippen molar-refractivity contribution in [1.82, 2.24) is 4.31 Å². The molecule has 0 aliphatic carbocycles. The highest BCUT2D eigenvalue weighted by atomic mass is 32.2. The van der Waals surface area contributed by atoms with E-state index < -0.39 is 22.0 Å². The molecule has 0 spiro atoms. The molecule has 0 radical (unpaired) electrons. The zero-order valence-electron chi connectivity index (χ0n) is 17.0. The average molecular weight is 416 g/mol. The van der Waals surface area contributed by atoms with Crippen LogP contribution in [0.1, 0.15) is 31.9 Å². The van der Waals surface area contributed by atoms with Crippen molar-refractivity contribution in [2.75, 3.05) is 18.4 Å². The zero-order valence-corrected chi connectivity index (χ0v) is 17.8. The summed E-state index contributed by atoms with van der Waals surface area (Å²) in [6, 6.07) is 13.1. The molecular weight excluding hydrogens is 390 g/mol. The van der Waals surface area contributed by atoms with Crippen molar-refractivity contribution in [3.63, 3.8) is 0 Å². The van der Waals surface area contributed by atoms with Crippen LogP contribution < -0.4 is 10.1 Å². The van der Waals surface area contributed by atoms with Crippen LogP contribution in [0.2, 0.25) is 0 Å². The first kappa shape index (κ1) is 22.4. The number of carbonyl (C=O) groups excluding carboxylic acids is 1. The number of nitrogens with one attached hydrogen (secondary N) is 1. The summed E-state index contributed by atoms with van der Waals surface area (Å²) in [5, 5.41) is 11.6. The van der Waals surface area contributed by atoms with Gasteiger partial charge in [0.1, 0.15) is 5.75 Å². The largest absolute Gasteiger partial charge is 0.481 e. The van der Waals surface area contributed by atoms with Gasteiger partial charge in [0.2, 0.25) is 10.0 Å². The Kier molecular flexibility index (Phi) is 7.37. The minimum Gasteiger partial charge on any atom is -0.481 e. The van der Waals surface area contributed by atoms with Crippen LogP contribution in [0.15, 0.2) is 47.4 Å². The lowest BCUT2D eigenvalue weighted by Crippen LogP contribution is -2.31. The summed E-state index contributed by atoms with van der Waals surface area (Å²) in [5.41, 5.74) is 1.65. The second kappa shape index (κ2) is 9.54. The molecule has 7 nitrogen and oxygen atoms in total. The summed E-state index contributed by atoms with van der Waals surface area (Å²) < 4.78 is 32.4. The summed E-state index contributed by atoms with van der Waals surface area (Å²) >= 11 is 0. The van der Waals surface area contributed by atoms with Crippen molar-refractivity contribution in [3.05, 3.63) is 53.6 Å². The highest BCUT2D eigenvalue weighted by molar-refractivity contribution is 7.89. The van der Waals surface area contributed by atoms with Gasteiger partial charge >= 0.3 is 0 Å². The number of sulfonamides is 1. The van der Waals surface area contributed by atoms with Crippen LogP contribution in [-0.2, 0) is 14.8 Å². The van der Waals surface area contributed by atoms with E-state index in [0.717, 1.165) is 5.56 Å². The fourth-order valence-electron chi connectivity index (χ4n) is 2.71. The number of nitrogens with zero attached hydrogens (tertiary/aromatic N) is 2. The van der Waals surface area contributed by atoms with Gasteiger partial charge in [0.15, 0.2) is 6.10 Å². The first-order valence-electron chi connectivity index (χ1n) is 9.31. The third-order valence-corrected chi connectivity index (χ3v) is 6.52. The van der Waals surface area contributed by atoms with Gasteiger partial charge in [-0.2, -0.15) is 9.57 Å². The van der Waals surface area contributed by atoms with E-state index in [-0.39, 0.29) is 4.90 Å². The molecule has 0 aliphatic rings. The van der Waals surface area contributed by atoms with Crippen molar-refractivity contribution in [1.29, 1.82) is 5.26 Å². The Hall–Kier alpha value is -2.89. The van der Waals surface area contributed by atoms with Crippen LogP contribution in [0.5, 0.6) is 5.75 Å². The molecule has 2 aromatic carbocycles. The van der Waals surface area contributed by atoms with Crippen molar-refractivity contribution in [2.45, 2.75) is 38.7 Å². The van der Waals surface area contributed by atoms with Crippen molar-refractivity contribution >= 4 is 21.6 Å². The minimum absolute atomic E-state index is 0.128. The molecule has 29 heavy (non-hydrogen) atoms. The maximum atomic E-state index is 12.7. The lowest BCUT2D eigenvalue weighted by Gasteiger charge is -2.20. The SMILES string of the molecule is CCN(CC)S(=O)(=O)c1ccc(C)c(NC(=O)C(C)Oc2ccc(C#N)cc2)c1. The summed E-state index contributed by atoms with van der Waals surface area (Å²) in [4.78, 5) is 12.7. The topological polar surface area (TPSA) is 99.5 Å². The van der Waals surface area contributed by atoms with E-state index in [1.54, 1.807) is 58.0 Å². The minimum atomic E-state index is -3.63. The Balaban J connectivity index is 2.17. The normalized spacial score (nSPS) is 12.3. The summed E-state index contributed by atoms with van der Waals surface area (Å²) in [7, 11) is -3.63. The molecule has 1 atom stereocenters. The average Bonchev–Trinajstić information content (AvgIpc) is 2.70. The predicted octanol–water partition coefficient (Wildman–Crippen LogP) is 3.30. The molecule has 1 unspecified atom stereocenters. The van der Waals surface area contributed by atoms with Crippen LogP contribution in [0.4, 0.5) is 5.69 Å². The molecule has 0 heterocycles. The van der Waals surface area contributed by atoms with Gasteiger partial charge in [0.25, 0.3) is 5.91 Å². The van der Waals surface area contributed by atoms with Crippen LogP contribution in [0, 0.1) is 18.3 Å². The zero-order chi connectivity index (χ0) is 21.6. The molecule has 0 saturated carbocycles. The number of benzene rings is 2. The highest BCUT2D eigenvalue weighted by Crippen LogP contribution is 2.23. The van der Waals surface area contributed by atoms with Gasteiger partial charge in [0.05, 0.1) is 16.5 Å². The molecule has 2 aromatic rings. The molecule has 8 heteroatoms. The quantitative estimate of drug-likeness (QED) is 0.713. The Bertz CT molecular complexity index is 1010. The molecule has 1 amide bonds. The second-order valence-electron chi connectivity index (χ2n) is 6.45. The third-order valence-electron chi connectivity index (χ3n) is 4.48. The predicted molar refractivity (Wildman–Crippen MR) is 111 cm³/mol. The van der Waals surface area contributed by atoms with Gasteiger partial charge in [-0.1, -0.05) is 19.9 Å². The van der Waals surface area contributed by atoms with E-state index in [9.17, 15) is 13.2 Å². The number of hydrogen-bond acceptors (Lipinski definition) is 5. The summed E-state index contributed by atoms with van der Waals surface area (Å²) in [6.07, 6.45) is -0.814. The van der Waals surface area contributed by atoms with Crippen molar-refractivity contribution in [3.8, 4) is 11.8 Å². The molecule has 0 aromatic heterocycles. The van der Waals surface area contributed by atoms with Gasteiger partial charge in [-0.25, -0.2) is 8.42 Å². The molecule has 0 fully saturated rings. The summed E-state index contributed by atoms with van der Waals surface area (Å²) in [5.74, 6) is 0.0519. The third kappa shape index (κ3) is 5.34. The number of rotatable bonds is 8. The fourth-order valence-corrected chi connectivity index (χ4v) is 4.19. The Morgan fingerprint density at radius 3 is 2.34 bits per heavy atom. The van der Waals surface area contributed by atoms with Gasteiger partial charge in [-0.05, 0) is 55.8 Å². The maximum Gasteiger partial charge on any atom is 0.265 e. The standard InChI is InChI=1S/C21H25N3O4S/c1-5-24(6-2)29(26,27)19-12-7-15(3)20(13-19)23-21(25)16(4)28-18-10-8-17(14-22)9-11-18/h7-13,16H,5-6H2,1-4H3,(H,23,25). The number of anilines is 1. The van der Waals surface area contributed by atoms with Crippen molar-refractivity contribution in [2.24, 2.45) is 0 Å². The van der Waals surface area contributed by atoms with Crippen LogP contribution >= 0.6 is 0 Å². The second-order valence-corrected chi connectivity index (χ2v) is 8.39. The number of carbonyl (C=O) groups is 1. The molecule has 2 rings (SSSR count). The van der Waals surface area contributed by atoms with Crippen LogP contribution in [0.3, 0.4) is 0 Å². The lowest BCUT2D eigenvalue weighted by molar-refractivity contribution is -0.122. The molecule has 0 bridgehead atoms. The van der Waals surface area contributed by atoms with Gasteiger partial charge in [-0.15, -0.1) is 0 Å². The van der Waals surface area contributed by atoms with E-state index in [2.05, 4.69) is 5.32 Å².